The molecular weight excluding hydrogens is 340 g/mol. The van der Waals surface area contributed by atoms with Crippen LogP contribution in [0.15, 0.2) is 59.0 Å². The Hall–Kier alpha value is -2.79. The second kappa shape index (κ2) is 7.84. The fraction of sp³-hybridized carbons (Fsp3) is 0.318. The van der Waals surface area contributed by atoms with E-state index < -0.39 is 0 Å². The molecule has 27 heavy (non-hydrogen) atoms. The highest BCUT2D eigenvalue weighted by Crippen LogP contribution is 2.29. The van der Waals surface area contributed by atoms with Gasteiger partial charge in [0.25, 0.3) is 0 Å². The number of carbonyl (C=O) groups is 1. The van der Waals surface area contributed by atoms with Crippen molar-refractivity contribution in [3.63, 3.8) is 0 Å². The van der Waals surface area contributed by atoms with Gasteiger partial charge in [-0.3, -0.25) is 4.90 Å². The van der Waals surface area contributed by atoms with Crippen molar-refractivity contribution in [2.45, 2.75) is 25.9 Å². The van der Waals surface area contributed by atoms with E-state index in [1.165, 1.54) is 0 Å². The van der Waals surface area contributed by atoms with Crippen LogP contribution >= 0.6 is 0 Å². The zero-order valence-corrected chi connectivity index (χ0v) is 15.5. The number of anilines is 1. The van der Waals surface area contributed by atoms with Gasteiger partial charge < -0.3 is 14.5 Å². The van der Waals surface area contributed by atoms with Gasteiger partial charge in [0, 0.05) is 42.3 Å². The lowest BCUT2D eigenvalue weighted by Gasteiger charge is -2.17. The first-order valence-electron chi connectivity index (χ1n) is 9.46. The Bertz CT molecular complexity index is 920. The third kappa shape index (κ3) is 3.83. The second-order valence-electron chi connectivity index (χ2n) is 6.86. The molecule has 3 aromatic rings. The van der Waals surface area contributed by atoms with Crippen molar-refractivity contribution in [2.24, 2.45) is 0 Å². The predicted octanol–water partition coefficient (Wildman–Crippen LogP) is 4.30. The van der Waals surface area contributed by atoms with E-state index in [4.69, 9.17) is 9.15 Å². The first-order valence-corrected chi connectivity index (χ1v) is 9.46. The Kier molecular flexibility index (Phi) is 5.12. The molecule has 4 rings (SSSR count). The Morgan fingerprint density at radius 1 is 1.19 bits per heavy atom. The van der Waals surface area contributed by atoms with E-state index >= 15 is 0 Å². The summed E-state index contributed by atoms with van der Waals surface area (Å²) < 4.78 is 11.0. The lowest BCUT2D eigenvalue weighted by Crippen LogP contribution is -2.26. The van der Waals surface area contributed by atoms with E-state index in [1.807, 2.05) is 42.5 Å². The number of benzene rings is 2. The summed E-state index contributed by atoms with van der Waals surface area (Å²) in [5.41, 5.74) is 2.79. The smallest absolute Gasteiger partial charge is 0.374 e. The van der Waals surface area contributed by atoms with E-state index in [1.54, 1.807) is 6.92 Å². The molecule has 1 N–H and O–H groups in total. The minimum absolute atomic E-state index is 0.331. The van der Waals surface area contributed by atoms with Gasteiger partial charge in [0.1, 0.15) is 5.58 Å². The molecule has 1 fully saturated rings. The molecule has 0 saturated carbocycles. The van der Waals surface area contributed by atoms with Gasteiger partial charge in [0.05, 0.1) is 6.61 Å². The van der Waals surface area contributed by atoms with Crippen molar-refractivity contribution in [2.75, 3.05) is 25.0 Å². The van der Waals surface area contributed by atoms with Gasteiger partial charge >= 0.3 is 5.97 Å². The van der Waals surface area contributed by atoms with Crippen LogP contribution in [0.4, 0.5) is 5.69 Å². The second-order valence-corrected chi connectivity index (χ2v) is 6.86. The van der Waals surface area contributed by atoms with Gasteiger partial charge in [-0.1, -0.05) is 36.4 Å². The number of nitrogens with zero attached hydrogens (tertiary/aromatic N) is 1. The number of nitrogens with one attached hydrogen (secondary N) is 1. The van der Waals surface area contributed by atoms with Crippen LogP contribution in [0.25, 0.3) is 11.0 Å². The van der Waals surface area contributed by atoms with Gasteiger partial charge in [0.15, 0.2) is 0 Å². The van der Waals surface area contributed by atoms with Crippen LogP contribution in [0.1, 0.15) is 29.5 Å². The van der Waals surface area contributed by atoms with E-state index in [9.17, 15) is 4.79 Å². The van der Waals surface area contributed by atoms with Crippen molar-refractivity contribution >= 4 is 22.6 Å². The molecule has 5 heteroatoms. The maximum absolute atomic E-state index is 12.4. The molecule has 1 aliphatic rings. The van der Waals surface area contributed by atoms with E-state index in [0.29, 0.717) is 25.0 Å². The topological polar surface area (TPSA) is 54.7 Å². The molecule has 1 aliphatic heterocycles. The standard InChI is InChI=1S/C22H24N2O3/c1-2-26-22(25)21-19(18-10-6-7-11-20(18)27-21)15-24-13-12-17(14-24)23-16-8-4-3-5-9-16/h3-11,17,23H,2,12-15H2,1H3. The quantitative estimate of drug-likeness (QED) is 0.661. The number of fused-ring (bicyclic) bond motifs is 1. The van der Waals surface area contributed by atoms with Gasteiger partial charge in [0.2, 0.25) is 5.76 Å². The zero-order chi connectivity index (χ0) is 18.6. The van der Waals surface area contributed by atoms with Gasteiger partial charge in [-0.15, -0.1) is 0 Å². The molecule has 1 unspecified atom stereocenters. The first-order chi connectivity index (χ1) is 13.2. The summed E-state index contributed by atoms with van der Waals surface area (Å²) in [6.07, 6.45) is 1.07. The summed E-state index contributed by atoms with van der Waals surface area (Å²) in [7, 11) is 0. The number of hydrogen-bond donors (Lipinski definition) is 1. The molecule has 0 aliphatic carbocycles. The van der Waals surface area contributed by atoms with E-state index in [2.05, 4.69) is 22.3 Å². The molecule has 0 spiro atoms. The molecular formula is C22H24N2O3. The number of para-hydroxylation sites is 2. The predicted molar refractivity (Wildman–Crippen MR) is 106 cm³/mol. The largest absolute Gasteiger partial charge is 0.460 e. The lowest BCUT2D eigenvalue weighted by molar-refractivity contribution is 0.0489. The van der Waals surface area contributed by atoms with Crippen molar-refractivity contribution in [3.05, 3.63) is 65.9 Å². The molecule has 1 saturated heterocycles. The number of hydrogen-bond acceptors (Lipinski definition) is 5. The maximum atomic E-state index is 12.4. The number of rotatable bonds is 6. The van der Waals surface area contributed by atoms with Crippen LogP contribution in [0.5, 0.6) is 0 Å². The average molecular weight is 364 g/mol. The summed E-state index contributed by atoms with van der Waals surface area (Å²) in [6.45, 7) is 4.73. The van der Waals surface area contributed by atoms with Crippen LogP contribution in [0.3, 0.4) is 0 Å². The highest BCUT2D eigenvalue weighted by atomic mass is 16.5. The number of esters is 1. The summed E-state index contributed by atoms with van der Waals surface area (Å²) in [5, 5.41) is 4.57. The average Bonchev–Trinajstić information content (AvgIpc) is 3.28. The van der Waals surface area contributed by atoms with E-state index in [0.717, 1.165) is 41.7 Å². The monoisotopic (exact) mass is 364 g/mol. The number of furan rings is 1. The fourth-order valence-electron chi connectivity index (χ4n) is 3.71. The minimum atomic E-state index is -0.387. The molecule has 0 bridgehead atoms. The molecule has 2 aromatic carbocycles. The number of carbonyl (C=O) groups excluding carboxylic acids is 1. The van der Waals surface area contributed by atoms with Crippen LogP contribution < -0.4 is 5.32 Å². The SMILES string of the molecule is CCOC(=O)c1oc2ccccc2c1CN1CCC(Nc2ccccc2)C1. The zero-order valence-electron chi connectivity index (χ0n) is 15.5. The van der Waals surface area contributed by atoms with Crippen molar-refractivity contribution < 1.29 is 13.9 Å². The first kappa shape index (κ1) is 17.6. The maximum Gasteiger partial charge on any atom is 0.374 e. The van der Waals surface area contributed by atoms with Crippen molar-refractivity contribution in [3.8, 4) is 0 Å². The van der Waals surface area contributed by atoms with Gasteiger partial charge in [-0.2, -0.15) is 0 Å². The highest BCUT2D eigenvalue weighted by molar-refractivity contribution is 5.96. The summed E-state index contributed by atoms with van der Waals surface area (Å²) in [4.78, 5) is 14.7. The normalized spacial score (nSPS) is 17.3. The third-order valence-electron chi connectivity index (χ3n) is 4.96. The molecule has 1 atom stereocenters. The molecule has 2 heterocycles. The van der Waals surface area contributed by atoms with Crippen molar-refractivity contribution in [1.82, 2.24) is 4.90 Å². The summed E-state index contributed by atoms with van der Waals surface area (Å²) in [6, 6.07) is 18.5. The highest BCUT2D eigenvalue weighted by Gasteiger charge is 2.27. The Balaban J connectivity index is 1.51. The van der Waals surface area contributed by atoms with Gasteiger partial charge in [-0.05, 0) is 31.5 Å². The molecule has 0 radical (unpaired) electrons. The Morgan fingerprint density at radius 2 is 1.96 bits per heavy atom. The van der Waals surface area contributed by atoms with E-state index in [-0.39, 0.29) is 5.97 Å². The van der Waals surface area contributed by atoms with Crippen LogP contribution in [0, 0.1) is 0 Å². The lowest BCUT2D eigenvalue weighted by atomic mass is 10.1. The number of likely N-dealkylation sites (tertiary alicyclic amines) is 1. The molecule has 1 aromatic heterocycles. The van der Waals surface area contributed by atoms with Crippen molar-refractivity contribution in [1.29, 1.82) is 0 Å². The Morgan fingerprint density at radius 3 is 2.78 bits per heavy atom. The molecule has 0 amide bonds. The fourth-order valence-corrected chi connectivity index (χ4v) is 3.71. The third-order valence-corrected chi connectivity index (χ3v) is 4.96. The summed E-state index contributed by atoms with van der Waals surface area (Å²) >= 11 is 0. The molecule has 5 nitrogen and oxygen atoms in total. The summed E-state index contributed by atoms with van der Waals surface area (Å²) in [5.74, 6) is -0.0561. The van der Waals surface area contributed by atoms with Gasteiger partial charge in [-0.25, -0.2) is 4.79 Å². The molecule has 140 valence electrons. The Labute approximate surface area is 158 Å². The van der Waals surface area contributed by atoms with Crippen LogP contribution in [-0.4, -0.2) is 36.6 Å². The number of ether oxygens (including phenoxy) is 1. The minimum Gasteiger partial charge on any atom is -0.460 e. The van der Waals surface area contributed by atoms with Crippen LogP contribution in [-0.2, 0) is 11.3 Å². The van der Waals surface area contributed by atoms with Crippen LogP contribution in [0.2, 0.25) is 0 Å².